The van der Waals surface area contributed by atoms with Gasteiger partial charge >= 0.3 is 0 Å². The molecule has 138 valence electrons. The summed E-state index contributed by atoms with van der Waals surface area (Å²) in [5, 5.41) is 16.9. The molecule has 1 fully saturated rings. The van der Waals surface area contributed by atoms with Crippen molar-refractivity contribution in [1.82, 2.24) is 25.1 Å². The maximum atomic E-state index is 12.7. The fourth-order valence-electron chi connectivity index (χ4n) is 3.53. The molecular formula is C18H24N6O2. The SMILES string of the molecule is CN(C)c1cnc(-n2nc(C(=O)NC(C)(C)CO)c3c2[C@@H]2C[C@@H]2C3)cn1. The number of nitrogens with zero attached hydrogens (tertiary/aromatic N) is 5. The lowest BCUT2D eigenvalue weighted by Gasteiger charge is -2.23. The van der Waals surface area contributed by atoms with Crippen LogP contribution in [0.1, 0.15) is 47.9 Å². The molecule has 1 saturated carbocycles. The smallest absolute Gasteiger partial charge is 0.272 e. The van der Waals surface area contributed by atoms with Crippen molar-refractivity contribution < 1.29 is 9.90 Å². The van der Waals surface area contributed by atoms with E-state index in [1.165, 1.54) is 0 Å². The fraction of sp³-hybridized carbons (Fsp3) is 0.556. The van der Waals surface area contributed by atoms with Crippen molar-refractivity contribution in [2.24, 2.45) is 5.92 Å². The first-order valence-electron chi connectivity index (χ1n) is 8.85. The van der Waals surface area contributed by atoms with E-state index in [-0.39, 0.29) is 12.5 Å². The van der Waals surface area contributed by atoms with Crippen LogP contribution in [-0.2, 0) is 6.42 Å². The molecule has 2 aromatic heterocycles. The van der Waals surface area contributed by atoms with Crippen LogP contribution in [0, 0.1) is 5.92 Å². The van der Waals surface area contributed by atoms with Crippen molar-refractivity contribution in [3.63, 3.8) is 0 Å². The quantitative estimate of drug-likeness (QED) is 0.826. The molecule has 2 atom stereocenters. The minimum atomic E-state index is -0.692. The highest BCUT2D eigenvalue weighted by molar-refractivity contribution is 5.95. The summed E-state index contributed by atoms with van der Waals surface area (Å²) in [6.45, 7) is 3.43. The largest absolute Gasteiger partial charge is 0.394 e. The summed E-state index contributed by atoms with van der Waals surface area (Å²) in [5.41, 5.74) is 1.85. The van der Waals surface area contributed by atoms with Gasteiger partial charge in [0.1, 0.15) is 5.82 Å². The zero-order valence-corrected chi connectivity index (χ0v) is 15.5. The van der Waals surface area contributed by atoms with Crippen molar-refractivity contribution in [3.8, 4) is 5.82 Å². The first-order valence-corrected chi connectivity index (χ1v) is 8.85. The maximum Gasteiger partial charge on any atom is 0.272 e. The number of hydrogen-bond acceptors (Lipinski definition) is 6. The van der Waals surface area contributed by atoms with Gasteiger partial charge in [0.25, 0.3) is 5.91 Å². The molecule has 2 N–H and O–H groups in total. The second-order valence-corrected chi connectivity index (χ2v) is 8.05. The number of nitrogens with one attached hydrogen (secondary N) is 1. The van der Waals surface area contributed by atoms with E-state index >= 15 is 0 Å². The highest BCUT2D eigenvalue weighted by atomic mass is 16.3. The van der Waals surface area contributed by atoms with Gasteiger partial charge in [-0.3, -0.25) is 4.79 Å². The average Bonchev–Trinajstić information content (AvgIpc) is 3.10. The fourth-order valence-corrected chi connectivity index (χ4v) is 3.53. The third-order valence-corrected chi connectivity index (χ3v) is 5.13. The Morgan fingerprint density at radius 2 is 2.15 bits per heavy atom. The minimum Gasteiger partial charge on any atom is -0.394 e. The molecule has 2 heterocycles. The first kappa shape index (κ1) is 17.0. The van der Waals surface area contributed by atoms with Crippen LogP contribution in [0.2, 0.25) is 0 Å². The topological polar surface area (TPSA) is 96.2 Å². The number of carbonyl (C=O) groups is 1. The molecule has 0 radical (unpaired) electrons. The van der Waals surface area contributed by atoms with Gasteiger partial charge in [0.2, 0.25) is 0 Å². The van der Waals surface area contributed by atoms with E-state index < -0.39 is 5.54 Å². The molecule has 0 spiro atoms. The summed E-state index contributed by atoms with van der Waals surface area (Å²) < 4.78 is 1.78. The first-order chi connectivity index (χ1) is 12.3. The molecule has 8 nitrogen and oxygen atoms in total. The summed E-state index contributed by atoms with van der Waals surface area (Å²) in [4.78, 5) is 23.5. The summed E-state index contributed by atoms with van der Waals surface area (Å²) >= 11 is 0. The third kappa shape index (κ3) is 2.74. The van der Waals surface area contributed by atoms with Crippen molar-refractivity contribution in [3.05, 3.63) is 29.3 Å². The van der Waals surface area contributed by atoms with Gasteiger partial charge in [-0.15, -0.1) is 0 Å². The summed E-state index contributed by atoms with van der Waals surface area (Å²) in [6.07, 6.45) is 5.42. The van der Waals surface area contributed by atoms with Gasteiger partial charge in [0.05, 0.1) is 30.2 Å². The van der Waals surface area contributed by atoms with Gasteiger partial charge in [-0.05, 0) is 32.6 Å². The predicted molar refractivity (Wildman–Crippen MR) is 96.7 cm³/mol. The van der Waals surface area contributed by atoms with E-state index in [9.17, 15) is 9.90 Å². The Labute approximate surface area is 152 Å². The Kier molecular flexibility index (Phi) is 3.76. The van der Waals surface area contributed by atoms with Crippen LogP contribution < -0.4 is 10.2 Å². The van der Waals surface area contributed by atoms with Crippen LogP contribution in [0.3, 0.4) is 0 Å². The lowest BCUT2D eigenvalue weighted by atomic mass is 10.1. The van der Waals surface area contributed by atoms with Crippen LogP contribution in [0.4, 0.5) is 5.82 Å². The molecule has 4 rings (SSSR count). The standard InChI is InChI=1S/C18H24N6O2/c1-18(2,9-25)21-17(26)15-12-6-10-5-11(10)16(12)24(22-15)14-8-19-13(7-20-14)23(3)4/h7-8,10-11,25H,5-6,9H2,1-4H3,(H,21,26)/t10-,11-/m1/s1. The number of anilines is 1. The molecule has 0 aromatic carbocycles. The molecule has 0 aliphatic heterocycles. The molecular weight excluding hydrogens is 332 g/mol. The van der Waals surface area contributed by atoms with E-state index in [4.69, 9.17) is 0 Å². The number of aromatic nitrogens is 4. The molecule has 8 heteroatoms. The zero-order valence-electron chi connectivity index (χ0n) is 15.5. The maximum absolute atomic E-state index is 12.7. The second-order valence-electron chi connectivity index (χ2n) is 8.05. The van der Waals surface area contributed by atoms with Crippen LogP contribution in [0.15, 0.2) is 12.4 Å². The summed E-state index contributed by atoms with van der Waals surface area (Å²) in [6, 6.07) is 0. The van der Waals surface area contributed by atoms with Gasteiger partial charge in [-0.25, -0.2) is 14.6 Å². The highest BCUT2D eigenvalue weighted by Gasteiger charge is 2.50. The van der Waals surface area contributed by atoms with Gasteiger partial charge in [0, 0.05) is 25.6 Å². The second kappa shape index (κ2) is 5.77. The number of rotatable bonds is 5. The van der Waals surface area contributed by atoms with Crippen molar-refractivity contribution in [1.29, 1.82) is 0 Å². The zero-order chi connectivity index (χ0) is 18.6. The van der Waals surface area contributed by atoms with Crippen LogP contribution >= 0.6 is 0 Å². The van der Waals surface area contributed by atoms with Crippen molar-refractivity contribution in [2.75, 3.05) is 25.6 Å². The predicted octanol–water partition coefficient (Wildman–Crippen LogP) is 0.889. The number of fused-ring (bicyclic) bond motifs is 3. The molecule has 0 saturated heterocycles. The Balaban J connectivity index is 1.72. The molecule has 0 bridgehead atoms. The highest BCUT2D eigenvalue weighted by Crippen LogP contribution is 2.57. The van der Waals surface area contributed by atoms with Crippen molar-refractivity contribution >= 4 is 11.7 Å². The Bertz CT molecular complexity index is 855. The number of carbonyl (C=O) groups excluding carboxylic acids is 1. The van der Waals surface area contributed by atoms with Crippen molar-refractivity contribution in [2.45, 2.75) is 38.1 Å². The number of hydrogen-bond donors (Lipinski definition) is 2. The molecule has 0 unspecified atom stereocenters. The van der Waals surface area contributed by atoms with Gasteiger partial charge in [-0.1, -0.05) is 0 Å². The Hall–Kier alpha value is -2.48. The normalized spacial score (nSPS) is 20.5. The van der Waals surface area contributed by atoms with Gasteiger partial charge in [0.15, 0.2) is 11.5 Å². The van der Waals surface area contributed by atoms with Crippen LogP contribution in [0.25, 0.3) is 5.82 Å². The lowest BCUT2D eigenvalue weighted by Crippen LogP contribution is -2.46. The summed E-state index contributed by atoms with van der Waals surface area (Å²) in [7, 11) is 3.82. The Morgan fingerprint density at radius 1 is 1.38 bits per heavy atom. The summed E-state index contributed by atoms with van der Waals surface area (Å²) in [5.74, 6) is 2.21. The average molecular weight is 356 g/mol. The molecule has 1 amide bonds. The molecule has 2 aromatic rings. The van der Waals surface area contributed by atoms with Crippen LogP contribution in [-0.4, -0.2) is 57.0 Å². The minimum absolute atomic E-state index is 0.135. The number of amides is 1. The Morgan fingerprint density at radius 3 is 2.77 bits per heavy atom. The number of aliphatic hydroxyl groups excluding tert-OH is 1. The van der Waals surface area contributed by atoms with Gasteiger partial charge < -0.3 is 15.3 Å². The van der Waals surface area contributed by atoms with E-state index in [1.807, 2.05) is 19.0 Å². The third-order valence-electron chi connectivity index (χ3n) is 5.13. The van der Waals surface area contributed by atoms with E-state index in [1.54, 1.807) is 30.9 Å². The molecule has 2 aliphatic rings. The van der Waals surface area contributed by atoms with Crippen LogP contribution in [0.5, 0.6) is 0 Å². The van der Waals surface area contributed by atoms with E-state index in [2.05, 4.69) is 20.4 Å². The number of aliphatic hydroxyl groups is 1. The van der Waals surface area contributed by atoms with E-state index in [0.717, 1.165) is 29.9 Å². The van der Waals surface area contributed by atoms with E-state index in [0.29, 0.717) is 23.3 Å². The molecule has 26 heavy (non-hydrogen) atoms. The van der Waals surface area contributed by atoms with Gasteiger partial charge in [-0.2, -0.15) is 5.10 Å². The molecule has 2 aliphatic carbocycles. The lowest BCUT2D eigenvalue weighted by molar-refractivity contribution is 0.0863. The monoisotopic (exact) mass is 356 g/mol.